The lowest BCUT2D eigenvalue weighted by Gasteiger charge is -2.63. The van der Waals surface area contributed by atoms with Gasteiger partial charge in [0, 0.05) is 65.9 Å². The second-order valence-electron chi connectivity index (χ2n) is 13.8. The normalized spacial score (nSPS) is 25.1. The third-order valence-electron chi connectivity index (χ3n) is 10.2. The Morgan fingerprint density at radius 3 is 2.17 bits per heavy atom. The van der Waals surface area contributed by atoms with Gasteiger partial charge in [0.15, 0.2) is 0 Å². The van der Waals surface area contributed by atoms with E-state index in [0.717, 1.165) is 57.5 Å². The number of rotatable bonds is 7. The van der Waals surface area contributed by atoms with Crippen molar-refractivity contribution in [2.24, 2.45) is 10.8 Å². The number of carbonyl (C=O) groups is 1. The first-order valence-electron chi connectivity index (χ1n) is 15.2. The maximum Gasteiger partial charge on any atom is 0.251 e. The maximum absolute atomic E-state index is 13.4. The number of likely N-dealkylation sites (tertiary alicyclic amines) is 1. The third-order valence-corrected chi connectivity index (χ3v) is 10.2. The zero-order chi connectivity index (χ0) is 30.3. The van der Waals surface area contributed by atoms with E-state index in [1.54, 1.807) is 25.3 Å². The number of aliphatic hydroxyl groups excluding tert-OH is 1. The molecule has 8 heteroatoms. The van der Waals surface area contributed by atoms with Gasteiger partial charge in [-0.15, -0.1) is 0 Å². The van der Waals surface area contributed by atoms with Crippen molar-refractivity contribution in [3.8, 4) is 17.6 Å². The fourth-order valence-corrected chi connectivity index (χ4v) is 7.78. The first-order chi connectivity index (χ1) is 19.9. The zero-order valence-electron chi connectivity index (χ0n) is 25.9. The quantitative estimate of drug-likeness (QED) is 0.481. The van der Waals surface area contributed by atoms with Gasteiger partial charge in [0.1, 0.15) is 23.7 Å². The van der Waals surface area contributed by atoms with Crippen molar-refractivity contribution in [3.63, 3.8) is 0 Å². The molecule has 2 N–H and O–H groups in total. The number of anilines is 1. The van der Waals surface area contributed by atoms with Crippen LogP contribution in [-0.4, -0.2) is 73.0 Å². The second kappa shape index (κ2) is 11.4. The molecule has 3 fully saturated rings. The molecule has 1 amide bonds. The molecule has 2 aliphatic heterocycles. The van der Waals surface area contributed by atoms with Crippen LogP contribution >= 0.6 is 0 Å². The minimum absolute atomic E-state index is 0.0790. The Morgan fingerprint density at radius 2 is 1.60 bits per heavy atom. The van der Waals surface area contributed by atoms with Crippen molar-refractivity contribution in [3.05, 3.63) is 53.6 Å². The number of ether oxygens (including phenoxy) is 2. The molecule has 42 heavy (non-hydrogen) atoms. The summed E-state index contributed by atoms with van der Waals surface area (Å²) in [5.74, 6) is 1.05. The number of hydrogen-bond acceptors (Lipinski definition) is 7. The number of piperidine rings is 2. The van der Waals surface area contributed by atoms with Crippen LogP contribution in [0, 0.1) is 22.2 Å². The van der Waals surface area contributed by atoms with E-state index in [1.165, 1.54) is 0 Å². The van der Waals surface area contributed by atoms with Crippen LogP contribution in [0.4, 0.5) is 5.69 Å². The van der Waals surface area contributed by atoms with Gasteiger partial charge in [0.25, 0.3) is 5.91 Å². The summed E-state index contributed by atoms with van der Waals surface area (Å²) < 4.78 is 11.8. The van der Waals surface area contributed by atoms with E-state index in [-0.39, 0.29) is 40.5 Å². The summed E-state index contributed by atoms with van der Waals surface area (Å²) >= 11 is 0. The predicted octanol–water partition coefficient (Wildman–Crippen LogP) is 4.99. The summed E-state index contributed by atoms with van der Waals surface area (Å²) in [6, 6.07) is 15.3. The van der Waals surface area contributed by atoms with E-state index in [0.29, 0.717) is 22.6 Å². The van der Waals surface area contributed by atoms with E-state index in [4.69, 9.17) is 9.47 Å². The highest BCUT2D eigenvalue weighted by atomic mass is 16.5. The number of aliphatic hydroxyl groups is 1. The van der Waals surface area contributed by atoms with Gasteiger partial charge in [0.05, 0.1) is 18.8 Å². The molecule has 1 saturated carbocycles. The Morgan fingerprint density at radius 1 is 0.976 bits per heavy atom. The van der Waals surface area contributed by atoms with Crippen LogP contribution in [0.25, 0.3) is 0 Å². The first kappa shape index (κ1) is 30.2. The number of nitrogens with one attached hydrogen (secondary N) is 1. The zero-order valence-corrected chi connectivity index (χ0v) is 25.9. The average molecular weight is 575 g/mol. The molecule has 0 aromatic heterocycles. The van der Waals surface area contributed by atoms with E-state index >= 15 is 0 Å². The van der Waals surface area contributed by atoms with Crippen LogP contribution in [0.15, 0.2) is 42.5 Å². The molecular weight excluding hydrogens is 528 g/mol. The molecule has 5 rings (SSSR count). The highest BCUT2D eigenvalue weighted by Gasteiger charge is 2.64. The van der Waals surface area contributed by atoms with Gasteiger partial charge in [-0.1, -0.05) is 27.7 Å². The standard InChI is InChI=1S/C34H46N4O4/c1-32(2)30(33(3,4)31(32)42-27-12-9-24(22-35)28(21-27)41-6)36-29(40)23-7-10-25(11-8-23)37-19-15-34(5,16-20-37)38-17-13-26(39)14-18-38/h7-12,21,26,30-31,39H,13-20H2,1-6H3,(H,36,40). The van der Waals surface area contributed by atoms with Crippen LogP contribution in [0.3, 0.4) is 0 Å². The predicted molar refractivity (Wildman–Crippen MR) is 164 cm³/mol. The molecule has 2 aromatic carbocycles. The van der Waals surface area contributed by atoms with Crippen LogP contribution in [0.2, 0.25) is 0 Å². The summed E-state index contributed by atoms with van der Waals surface area (Å²) in [6.07, 6.45) is 3.65. The molecular formula is C34H46N4O4. The third kappa shape index (κ3) is 5.57. The van der Waals surface area contributed by atoms with Gasteiger partial charge in [0.2, 0.25) is 0 Å². The summed E-state index contributed by atoms with van der Waals surface area (Å²) in [4.78, 5) is 18.4. The van der Waals surface area contributed by atoms with Crippen molar-refractivity contribution >= 4 is 11.6 Å². The number of amides is 1. The Hall–Kier alpha value is -3.28. The lowest BCUT2D eigenvalue weighted by atomic mass is 9.49. The molecule has 0 radical (unpaired) electrons. The van der Waals surface area contributed by atoms with Crippen molar-refractivity contribution in [2.45, 2.75) is 84.1 Å². The second-order valence-corrected chi connectivity index (χ2v) is 13.8. The van der Waals surface area contributed by atoms with Crippen LogP contribution in [0.1, 0.15) is 76.2 Å². The molecule has 2 aromatic rings. The van der Waals surface area contributed by atoms with E-state index in [9.17, 15) is 15.2 Å². The lowest BCUT2D eigenvalue weighted by molar-refractivity contribution is -0.164. The number of nitrogens with zero attached hydrogens (tertiary/aromatic N) is 3. The van der Waals surface area contributed by atoms with Gasteiger partial charge in [-0.25, -0.2) is 0 Å². The molecule has 0 spiro atoms. The van der Waals surface area contributed by atoms with Crippen molar-refractivity contribution in [2.75, 3.05) is 38.2 Å². The van der Waals surface area contributed by atoms with Gasteiger partial charge in [-0.2, -0.15) is 5.26 Å². The van der Waals surface area contributed by atoms with Gasteiger partial charge in [-0.05, 0) is 69.0 Å². The highest BCUT2D eigenvalue weighted by molar-refractivity contribution is 5.95. The SMILES string of the molecule is COc1cc(OC2C(C)(C)C(NC(=O)c3ccc(N4CCC(C)(N5CCC(O)CC5)CC4)cc3)C2(C)C)ccc1C#N. The number of methoxy groups -OCH3 is 1. The van der Waals surface area contributed by atoms with Crippen LogP contribution in [-0.2, 0) is 0 Å². The van der Waals surface area contributed by atoms with Crippen LogP contribution < -0.4 is 19.7 Å². The molecule has 3 aliphatic rings. The fraction of sp³-hybridized carbons (Fsp3) is 0.588. The van der Waals surface area contributed by atoms with Crippen molar-refractivity contribution in [1.29, 1.82) is 5.26 Å². The number of carbonyl (C=O) groups excluding carboxylic acids is 1. The van der Waals surface area contributed by atoms with Gasteiger partial charge in [-0.3, -0.25) is 9.69 Å². The summed E-state index contributed by atoms with van der Waals surface area (Å²) in [5, 5.41) is 22.5. The van der Waals surface area contributed by atoms with Crippen LogP contribution in [0.5, 0.6) is 11.5 Å². The topological polar surface area (TPSA) is 98.1 Å². The van der Waals surface area contributed by atoms with Crippen molar-refractivity contribution in [1.82, 2.24) is 10.2 Å². The monoisotopic (exact) mass is 574 g/mol. The lowest BCUT2D eigenvalue weighted by Crippen LogP contribution is -2.74. The van der Waals surface area contributed by atoms with Gasteiger partial charge < -0.3 is 24.8 Å². The minimum Gasteiger partial charge on any atom is -0.495 e. The number of benzene rings is 2. The molecule has 0 unspecified atom stereocenters. The Labute approximate surface area is 250 Å². The maximum atomic E-state index is 13.4. The molecule has 2 heterocycles. The molecule has 8 nitrogen and oxygen atoms in total. The molecule has 0 bridgehead atoms. The summed E-state index contributed by atoms with van der Waals surface area (Å²) in [7, 11) is 1.54. The molecule has 1 aliphatic carbocycles. The van der Waals surface area contributed by atoms with E-state index in [2.05, 4.69) is 67.9 Å². The van der Waals surface area contributed by atoms with E-state index in [1.807, 2.05) is 12.1 Å². The first-order valence-corrected chi connectivity index (χ1v) is 15.2. The smallest absolute Gasteiger partial charge is 0.251 e. The van der Waals surface area contributed by atoms with Crippen molar-refractivity contribution < 1.29 is 19.4 Å². The van der Waals surface area contributed by atoms with E-state index < -0.39 is 0 Å². The summed E-state index contributed by atoms with van der Waals surface area (Å²) in [5.41, 5.74) is 1.83. The molecule has 226 valence electrons. The Bertz CT molecular complexity index is 1300. The summed E-state index contributed by atoms with van der Waals surface area (Å²) in [6.45, 7) is 14.8. The molecule has 2 saturated heterocycles. The number of hydrogen-bond donors (Lipinski definition) is 2. The number of nitriles is 1. The average Bonchev–Trinajstić information content (AvgIpc) is 2.98. The van der Waals surface area contributed by atoms with Gasteiger partial charge >= 0.3 is 0 Å². The highest BCUT2D eigenvalue weighted by Crippen LogP contribution is 2.55. The minimum atomic E-state index is -0.312. The molecule has 0 atom stereocenters. The largest absolute Gasteiger partial charge is 0.495 e. The Kier molecular flexibility index (Phi) is 8.21. The Balaban J connectivity index is 1.18. The fourth-order valence-electron chi connectivity index (χ4n) is 7.78.